The van der Waals surface area contributed by atoms with Crippen LogP contribution in [0.3, 0.4) is 0 Å². The van der Waals surface area contributed by atoms with Gasteiger partial charge in [0.25, 0.3) is 0 Å². The van der Waals surface area contributed by atoms with Crippen LogP contribution in [0.5, 0.6) is 0 Å². The standard InChI is InChI=1S/C61H37N3O/c1-3-12-38(13-4-1)39-22-30-45(31-23-39)60-62-59(44-16-5-2-6-17-44)63-61(64-60)51-20-11-21-56-57(51)55-37-48(46-32-28-42-26-24-40-14-7-9-18-49(40)52(42)34-46)36-54(58(55)65-56)47-33-29-43-27-25-41-15-8-10-19-50(41)53(43)35-47/h1-37H. The fourth-order valence-corrected chi connectivity index (χ4v) is 9.63. The fourth-order valence-electron chi connectivity index (χ4n) is 9.63. The molecule has 11 aromatic carbocycles. The Hall–Kier alpha value is -8.73. The lowest BCUT2D eigenvalue weighted by molar-refractivity contribution is 0.670. The first kappa shape index (κ1) is 36.9. The van der Waals surface area contributed by atoms with Crippen LogP contribution in [0, 0.1) is 0 Å². The summed E-state index contributed by atoms with van der Waals surface area (Å²) in [6.07, 6.45) is 0. The summed E-state index contributed by atoms with van der Waals surface area (Å²) in [4.78, 5) is 15.6. The third-order valence-corrected chi connectivity index (χ3v) is 12.9. The molecule has 2 aromatic heterocycles. The molecule has 302 valence electrons. The Balaban J connectivity index is 1.06. The van der Waals surface area contributed by atoms with Crippen LogP contribution in [0.2, 0.25) is 0 Å². The van der Waals surface area contributed by atoms with Gasteiger partial charge < -0.3 is 4.42 Å². The summed E-state index contributed by atoms with van der Waals surface area (Å²) in [5, 5.41) is 11.7. The Labute approximate surface area is 374 Å². The van der Waals surface area contributed by atoms with Crippen molar-refractivity contribution in [2.75, 3.05) is 0 Å². The molecule has 0 unspecified atom stereocenters. The second-order valence-corrected chi connectivity index (χ2v) is 16.7. The molecule has 13 rings (SSSR count). The van der Waals surface area contributed by atoms with Crippen LogP contribution < -0.4 is 0 Å². The number of aromatic nitrogens is 3. The van der Waals surface area contributed by atoms with E-state index in [1.165, 1.54) is 43.1 Å². The van der Waals surface area contributed by atoms with Gasteiger partial charge in [0.1, 0.15) is 11.2 Å². The minimum atomic E-state index is 0.579. The van der Waals surface area contributed by atoms with Crippen LogP contribution in [-0.4, -0.2) is 15.0 Å². The Morgan fingerprint density at radius 2 is 0.723 bits per heavy atom. The van der Waals surface area contributed by atoms with E-state index in [9.17, 15) is 0 Å². The molecule has 0 aliphatic carbocycles. The van der Waals surface area contributed by atoms with Gasteiger partial charge in [-0.3, -0.25) is 0 Å². The lowest BCUT2D eigenvalue weighted by Gasteiger charge is -2.12. The summed E-state index contributed by atoms with van der Waals surface area (Å²) in [6.45, 7) is 0. The van der Waals surface area contributed by atoms with E-state index in [1.807, 2.05) is 42.5 Å². The number of hydrogen-bond acceptors (Lipinski definition) is 4. The predicted molar refractivity (Wildman–Crippen MR) is 270 cm³/mol. The summed E-state index contributed by atoms with van der Waals surface area (Å²) in [5.74, 6) is 1.79. The fraction of sp³-hybridized carbons (Fsp3) is 0. The molecule has 0 aliphatic heterocycles. The number of furan rings is 1. The number of nitrogens with zero attached hydrogens (tertiary/aromatic N) is 3. The van der Waals surface area contributed by atoms with Crippen molar-refractivity contribution in [2.24, 2.45) is 0 Å². The van der Waals surface area contributed by atoms with E-state index in [4.69, 9.17) is 19.4 Å². The number of fused-ring (bicyclic) bond motifs is 9. The molecule has 13 aromatic rings. The largest absolute Gasteiger partial charge is 0.455 e. The summed E-state index contributed by atoms with van der Waals surface area (Å²) < 4.78 is 7.03. The van der Waals surface area contributed by atoms with E-state index >= 15 is 0 Å². The summed E-state index contributed by atoms with van der Waals surface area (Å²) in [6, 6.07) is 79.5. The summed E-state index contributed by atoms with van der Waals surface area (Å²) in [7, 11) is 0. The van der Waals surface area contributed by atoms with E-state index < -0.39 is 0 Å². The van der Waals surface area contributed by atoms with Gasteiger partial charge in [0.05, 0.1) is 0 Å². The molecule has 0 saturated heterocycles. The SMILES string of the molecule is c1ccc(-c2ccc(-c3nc(-c4ccccc4)nc(-c4cccc5oc6c(-c7ccc8ccc9ccccc9c8c7)cc(-c7ccc8ccc9ccccc9c8c7)cc6c45)n3)cc2)cc1. The van der Waals surface area contributed by atoms with Gasteiger partial charge in [0, 0.05) is 33.0 Å². The van der Waals surface area contributed by atoms with Crippen molar-refractivity contribution in [3.63, 3.8) is 0 Å². The van der Waals surface area contributed by atoms with E-state index in [0.717, 1.165) is 72.0 Å². The topological polar surface area (TPSA) is 51.8 Å². The average Bonchev–Trinajstić information content (AvgIpc) is 3.77. The molecule has 0 atom stereocenters. The maximum Gasteiger partial charge on any atom is 0.164 e. The van der Waals surface area contributed by atoms with E-state index in [-0.39, 0.29) is 0 Å². The van der Waals surface area contributed by atoms with Crippen molar-refractivity contribution in [3.8, 4) is 67.5 Å². The quantitative estimate of drug-likeness (QED) is 0.157. The van der Waals surface area contributed by atoms with Gasteiger partial charge >= 0.3 is 0 Å². The lowest BCUT2D eigenvalue weighted by atomic mass is 9.91. The minimum absolute atomic E-state index is 0.579. The zero-order valence-electron chi connectivity index (χ0n) is 35.1. The van der Waals surface area contributed by atoms with Gasteiger partial charge in [-0.25, -0.2) is 15.0 Å². The molecule has 0 saturated carbocycles. The molecular formula is C61H37N3O. The van der Waals surface area contributed by atoms with E-state index in [1.54, 1.807) is 0 Å². The normalized spacial score (nSPS) is 11.7. The molecule has 0 spiro atoms. The highest BCUT2D eigenvalue weighted by molar-refractivity contribution is 6.18. The molecule has 4 heteroatoms. The van der Waals surface area contributed by atoms with Gasteiger partial charge in [-0.05, 0) is 101 Å². The van der Waals surface area contributed by atoms with Crippen molar-refractivity contribution in [1.82, 2.24) is 15.0 Å². The molecule has 0 fully saturated rings. The summed E-state index contributed by atoms with van der Waals surface area (Å²) >= 11 is 0. The molecule has 65 heavy (non-hydrogen) atoms. The Kier molecular flexibility index (Phi) is 8.50. The zero-order chi connectivity index (χ0) is 42.8. The van der Waals surface area contributed by atoms with Gasteiger partial charge in [-0.2, -0.15) is 0 Å². The Bertz CT molecular complexity index is 3990. The average molecular weight is 828 g/mol. The Morgan fingerprint density at radius 1 is 0.262 bits per heavy atom. The number of hydrogen-bond donors (Lipinski definition) is 0. The van der Waals surface area contributed by atoms with Gasteiger partial charge in [-0.15, -0.1) is 0 Å². The van der Waals surface area contributed by atoms with Crippen molar-refractivity contribution < 1.29 is 4.42 Å². The zero-order valence-corrected chi connectivity index (χ0v) is 35.1. The van der Waals surface area contributed by atoms with Gasteiger partial charge in [0.2, 0.25) is 0 Å². The monoisotopic (exact) mass is 827 g/mol. The van der Waals surface area contributed by atoms with Crippen molar-refractivity contribution >= 4 is 65.0 Å². The molecule has 4 nitrogen and oxygen atoms in total. The second kappa shape index (κ2) is 15.0. The highest BCUT2D eigenvalue weighted by atomic mass is 16.3. The molecule has 2 heterocycles. The maximum absolute atomic E-state index is 7.03. The third kappa shape index (κ3) is 6.34. The lowest BCUT2D eigenvalue weighted by Crippen LogP contribution is -2.00. The van der Waals surface area contributed by atoms with Crippen LogP contribution in [0.4, 0.5) is 0 Å². The molecule has 0 amide bonds. The van der Waals surface area contributed by atoms with Gasteiger partial charge in [0.15, 0.2) is 17.5 Å². The van der Waals surface area contributed by atoms with Crippen LogP contribution in [0.1, 0.15) is 0 Å². The van der Waals surface area contributed by atoms with Crippen LogP contribution in [0.15, 0.2) is 229 Å². The molecule has 0 radical (unpaired) electrons. The van der Waals surface area contributed by atoms with E-state index in [0.29, 0.717) is 17.5 Å². The first-order valence-electron chi connectivity index (χ1n) is 22.0. The van der Waals surface area contributed by atoms with Crippen molar-refractivity contribution in [1.29, 1.82) is 0 Å². The van der Waals surface area contributed by atoms with Crippen LogP contribution >= 0.6 is 0 Å². The Morgan fingerprint density at radius 3 is 1.38 bits per heavy atom. The van der Waals surface area contributed by atoms with Crippen LogP contribution in [-0.2, 0) is 0 Å². The van der Waals surface area contributed by atoms with E-state index in [2.05, 4.69) is 182 Å². The molecule has 0 aliphatic rings. The third-order valence-electron chi connectivity index (χ3n) is 12.9. The van der Waals surface area contributed by atoms with Gasteiger partial charge in [-0.1, -0.05) is 194 Å². The maximum atomic E-state index is 7.03. The highest BCUT2D eigenvalue weighted by Gasteiger charge is 2.22. The molecule has 0 bridgehead atoms. The minimum Gasteiger partial charge on any atom is -0.455 e. The number of benzene rings is 11. The number of rotatable bonds is 6. The first-order valence-corrected chi connectivity index (χ1v) is 22.0. The predicted octanol–water partition coefficient (Wildman–Crippen LogP) is 16.4. The summed E-state index contributed by atoms with van der Waals surface area (Å²) in [5.41, 5.74) is 10.9. The smallest absolute Gasteiger partial charge is 0.164 e. The molecule has 0 N–H and O–H groups in total. The van der Waals surface area contributed by atoms with Crippen molar-refractivity contribution in [2.45, 2.75) is 0 Å². The first-order chi connectivity index (χ1) is 32.2. The second-order valence-electron chi connectivity index (χ2n) is 16.7. The van der Waals surface area contributed by atoms with Crippen molar-refractivity contribution in [3.05, 3.63) is 224 Å². The molecular weight excluding hydrogens is 791 g/mol. The van der Waals surface area contributed by atoms with Crippen LogP contribution in [0.25, 0.3) is 133 Å². The highest BCUT2D eigenvalue weighted by Crippen LogP contribution is 2.44.